The highest BCUT2D eigenvalue weighted by Crippen LogP contribution is 2.13. The number of hydrogen-bond acceptors (Lipinski definition) is 4. The summed E-state index contributed by atoms with van der Waals surface area (Å²) in [5.41, 5.74) is 0. The zero-order valence-electron chi connectivity index (χ0n) is 9.55. The minimum absolute atomic E-state index is 0.00384. The quantitative estimate of drug-likeness (QED) is 0.700. The SMILES string of the molecule is CC1CS(=O)(=O)CCN1C(=O)CCCCO. The fourth-order valence-electron chi connectivity index (χ4n) is 1.90. The molecule has 1 unspecified atom stereocenters. The van der Waals surface area contributed by atoms with Crippen LogP contribution >= 0.6 is 0 Å². The van der Waals surface area contributed by atoms with Crippen LogP contribution in [0.2, 0.25) is 0 Å². The van der Waals surface area contributed by atoms with Crippen LogP contribution in [-0.4, -0.2) is 55.0 Å². The van der Waals surface area contributed by atoms with Crippen molar-refractivity contribution in [1.29, 1.82) is 0 Å². The van der Waals surface area contributed by atoms with Crippen LogP contribution in [0.3, 0.4) is 0 Å². The number of amides is 1. The molecule has 1 amide bonds. The van der Waals surface area contributed by atoms with Crippen LogP contribution in [0, 0.1) is 0 Å². The minimum Gasteiger partial charge on any atom is -0.396 e. The molecule has 0 radical (unpaired) electrons. The first-order chi connectivity index (χ1) is 7.46. The predicted molar refractivity (Wildman–Crippen MR) is 60.8 cm³/mol. The second-order valence-electron chi connectivity index (χ2n) is 4.23. The van der Waals surface area contributed by atoms with Gasteiger partial charge < -0.3 is 10.0 Å². The zero-order valence-corrected chi connectivity index (χ0v) is 10.4. The average molecular weight is 249 g/mol. The third kappa shape index (κ3) is 3.75. The summed E-state index contributed by atoms with van der Waals surface area (Å²) in [6, 6.07) is -0.222. The Balaban J connectivity index is 2.46. The molecule has 94 valence electrons. The number of nitrogens with zero attached hydrogens (tertiary/aromatic N) is 1. The van der Waals surface area contributed by atoms with Crippen molar-refractivity contribution in [2.75, 3.05) is 24.7 Å². The Morgan fingerprint density at radius 1 is 1.44 bits per heavy atom. The number of carbonyl (C=O) groups is 1. The normalized spacial score (nSPS) is 24.4. The Morgan fingerprint density at radius 3 is 2.69 bits per heavy atom. The van der Waals surface area contributed by atoms with Crippen LogP contribution in [0.5, 0.6) is 0 Å². The molecule has 1 aliphatic rings. The fraction of sp³-hybridized carbons (Fsp3) is 0.900. The molecule has 1 N–H and O–H groups in total. The van der Waals surface area contributed by atoms with E-state index in [1.165, 1.54) is 0 Å². The molecular formula is C10H19NO4S. The van der Waals surface area contributed by atoms with Crippen molar-refractivity contribution in [2.24, 2.45) is 0 Å². The van der Waals surface area contributed by atoms with Gasteiger partial charge in [-0.25, -0.2) is 8.42 Å². The Bertz CT molecular complexity index is 339. The third-order valence-corrected chi connectivity index (χ3v) is 4.58. The number of sulfone groups is 1. The van der Waals surface area contributed by atoms with Crippen LogP contribution in [0.25, 0.3) is 0 Å². The van der Waals surface area contributed by atoms with Gasteiger partial charge in [0.25, 0.3) is 0 Å². The van der Waals surface area contributed by atoms with Crippen molar-refractivity contribution in [2.45, 2.75) is 32.2 Å². The van der Waals surface area contributed by atoms with Gasteiger partial charge in [0.05, 0.1) is 11.5 Å². The van der Waals surface area contributed by atoms with E-state index < -0.39 is 9.84 Å². The molecule has 0 spiro atoms. The third-order valence-electron chi connectivity index (χ3n) is 2.79. The smallest absolute Gasteiger partial charge is 0.222 e. The first kappa shape index (κ1) is 13.4. The van der Waals surface area contributed by atoms with E-state index in [-0.39, 0.29) is 30.1 Å². The molecular weight excluding hydrogens is 230 g/mol. The number of hydrogen-bond donors (Lipinski definition) is 1. The van der Waals surface area contributed by atoms with Crippen LogP contribution in [-0.2, 0) is 14.6 Å². The molecule has 1 aliphatic heterocycles. The van der Waals surface area contributed by atoms with Crippen molar-refractivity contribution < 1.29 is 18.3 Å². The van der Waals surface area contributed by atoms with E-state index in [0.717, 1.165) is 0 Å². The molecule has 0 aromatic heterocycles. The maximum atomic E-state index is 11.7. The lowest BCUT2D eigenvalue weighted by Gasteiger charge is -2.33. The van der Waals surface area contributed by atoms with E-state index in [1.807, 2.05) is 0 Å². The number of unbranched alkanes of at least 4 members (excludes halogenated alkanes) is 1. The highest BCUT2D eigenvalue weighted by Gasteiger charge is 2.30. The summed E-state index contributed by atoms with van der Waals surface area (Å²) in [4.78, 5) is 13.4. The van der Waals surface area contributed by atoms with Gasteiger partial charge in [0.1, 0.15) is 0 Å². The van der Waals surface area contributed by atoms with E-state index in [1.54, 1.807) is 11.8 Å². The maximum Gasteiger partial charge on any atom is 0.222 e. The molecule has 1 saturated heterocycles. The number of aliphatic hydroxyl groups excluding tert-OH is 1. The average Bonchev–Trinajstić information content (AvgIpc) is 2.16. The van der Waals surface area contributed by atoms with Gasteiger partial charge in [-0.05, 0) is 19.8 Å². The van der Waals surface area contributed by atoms with Crippen LogP contribution in [0.1, 0.15) is 26.2 Å². The topological polar surface area (TPSA) is 74.7 Å². The van der Waals surface area contributed by atoms with Gasteiger partial charge in [-0.1, -0.05) is 0 Å². The van der Waals surface area contributed by atoms with Crippen molar-refractivity contribution >= 4 is 15.7 Å². The van der Waals surface area contributed by atoms with E-state index in [4.69, 9.17) is 5.11 Å². The van der Waals surface area contributed by atoms with Gasteiger partial charge in [-0.3, -0.25) is 4.79 Å². The molecule has 0 saturated carbocycles. The van der Waals surface area contributed by atoms with Crippen molar-refractivity contribution in [1.82, 2.24) is 4.90 Å². The summed E-state index contributed by atoms with van der Waals surface area (Å²) in [6.45, 7) is 2.17. The van der Waals surface area contributed by atoms with Crippen molar-refractivity contribution in [3.63, 3.8) is 0 Å². The number of rotatable bonds is 4. The van der Waals surface area contributed by atoms with Gasteiger partial charge in [0.2, 0.25) is 5.91 Å². The van der Waals surface area contributed by atoms with Crippen molar-refractivity contribution in [3.05, 3.63) is 0 Å². The van der Waals surface area contributed by atoms with Gasteiger partial charge >= 0.3 is 0 Å². The van der Waals surface area contributed by atoms with Crippen LogP contribution in [0.4, 0.5) is 0 Å². The van der Waals surface area contributed by atoms with Crippen LogP contribution < -0.4 is 0 Å². The first-order valence-corrected chi connectivity index (χ1v) is 7.39. The summed E-state index contributed by atoms with van der Waals surface area (Å²) >= 11 is 0. The second kappa shape index (κ2) is 5.63. The Morgan fingerprint density at radius 2 is 2.12 bits per heavy atom. The standard InChI is InChI=1S/C10H19NO4S/c1-9-8-16(14,15)7-5-11(9)10(13)4-2-3-6-12/h9,12H,2-8H2,1H3. The van der Waals surface area contributed by atoms with E-state index >= 15 is 0 Å². The first-order valence-electron chi connectivity index (χ1n) is 5.57. The molecule has 0 aromatic rings. The minimum atomic E-state index is -2.96. The van der Waals surface area contributed by atoms with E-state index in [9.17, 15) is 13.2 Å². The Hall–Kier alpha value is -0.620. The molecule has 1 heterocycles. The summed E-state index contributed by atoms with van der Waals surface area (Å²) in [6.07, 6.45) is 1.67. The van der Waals surface area contributed by atoms with Crippen molar-refractivity contribution in [3.8, 4) is 0 Å². The molecule has 5 nitrogen and oxygen atoms in total. The summed E-state index contributed by atoms with van der Waals surface area (Å²) in [5, 5.41) is 8.61. The molecule has 0 bridgehead atoms. The zero-order chi connectivity index (χ0) is 12.2. The van der Waals surface area contributed by atoms with Gasteiger partial charge in [-0.2, -0.15) is 0 Å². The van der Waals surface area contributed by atoms with E-state index in [2.05, 4.69) is 0 Å². The molecule has 1 atom stereocenters. The van der Waals surface area contributed by atoms with E-state index in [0.29, 0.717) is 25.8 Å². The van der Waals surface area contributed by atoms with Gasteiger partial charge in [0.15, 0.2) is 9.84 Å². The lowest BCUT2D eigenvalue weighted by molar-refractivity contribution is -0.132. The largest absolute Gasteiger partial charge is 0.396 e. The monoisotopic (exact) mass is 249 g/mol. The maximum absolute atomic E-state index is 11.7. The van der Waals surface area contributed by atoms with Gasteiger partial charge in [0, 0.05) is 25.6 Å². The lowest BCUT2D eigenvalue weighted by atomic mass is 10.2. The summed E-state index contributed by atoms with van der Waals surface area (Å²) in [5.74, 6) is 0.137. The highest BCUT2D eigenvalue weighted by atomic mass is 32.2. The second-order valence-corrected chi connectivity index (χ2v) is 6.46. The highest BCUT2D eigenvalue weighted by molar-refractivity contribution is 7.91. The lowest BCUT2D eigenvalue weighted by Crippen LogP contribution is -2.49. The van der Waals surface area contributed by atoms with Crippen LogP contribution in [0.15, 0.2) is 0 Å². The molecule has 0 aromatic carbocycles. The number of carbonyl (C=O) groups excluding carboxylic acids is 1. The summed E-state index contributed by atoms with van der Waals surface area (Å²) < 4.78 is 22.6. The molecule has 1 fully saturated rings. The fourth-order valence-corrected chi connectivity index (χ4v) is 3.46. The number of aliphatic hydroxyl groups is 1. The predicted octanol–water partition coefficient (Wildman–Crippen LogP) is -0.206. The summed E-state index contributed by atoms with van der Waals surface area (Å²) in [7, 11) is -2.96. The molecule has 0 aliphatic carbocycles. The molecule has 6 heteroatoms. The molecule has 1 rings (SSSR count). The van der Waals surface area contributed by atoms with Gasteiger partial charge in [-0.15, -0.1) is 0 Å². The molecule has 16 heavy (non-hydrogen) atoms. The Kier molecular flexibility index (Phi) is 4.73. The Labute approximate surface area is 96.4 Å².